The van der Waals surface area contributed by atoms with Gasteiger partial charge in [0.15, 0.2) is 5.17 Å². The van der Waals surface area contributed by atoms with Gasteiger partial charge in [0.1, 0.15) is 34.4 Å². The smallest absolute Gasteiger partial charge is 0.426 e. The Bertz CT molecular complexity index is 1350. The van der Waals surface area contributed by atoms with Gasteiger partial charge in [0.05, 0.1) is 19.5 Å². The first-order chi connectivity index (χ1) is 19.3. The molecular formula is C28H35F2N5O6S. The van der Waals surface area contributed by atoms with E-state index < -0.39 is 52.1 Å². The molecule has 1 aromatic heterocycles. The van der Waals surface area contributed by atoms with E-state index >= 15 is 8.78 Å². The van der Waals surface area contributed by atoms with Crippen LogP contribution in [-0.4, -0.2) is 67.9 Å². The van der Waals surface area contributed by atoms with E-state index in [0.29, 0.717) is 4.90 Å². The van der Waals surface area contributed by atoms with Crippen molar-refractivity contribution < 1.29 is 37.4 Å². The molecular weight excluding hydrogens is 572 g/mol. The fraction of sp³-hybridized carbons (Fsp3) is 0.500. The molecule has 0 unspecified atom stereocenters. The van der Waals surface area contributed by atoms with Gasteiger partial charge >= 0.3 is 12.2 Å². The minimum Gasteiger partial charge on any atom is -0.480 e. The number of ether oxygens (including phenoxy) is 3. The molecule has 1 aromatic carbocycles. The average molecular weight is 608 g/mol. The van der Waals surface area contributed by atoms with Crippen LogP contribution >= 0.6 is 11.8 Å². The van der Waals surface area contributed by atoms with Gasteiger partial charge in [0, 0.05) is 16.5 Å². The number of rotatable bonds is 4. The predicted octanol–water partition coefficient (Wildman–Crippen LogP) is 6.09. The normalized spacial score (nSPS) is 20.7. The number of nitrogens with zero attached hydrogens (tertiary/aromatic N) is 4. The van der Waals surface area contributed by atoms with Crippen LogP contribution in [0.25, 0.3) is 0 Å². The molecule has 42 heavy (non-hydrogen) atoms. The molecule has 14 heteroatoms. The van der Waals surface area contributed by atoms with Crippen molar-refractivity contribution in [3.63, 3.8) is 0 Å². The van der Waals surface area contributed by atoms with E-state index in [-0.39, 0.29) is 28.0 Å². The minimum atomic E-state index is -1.92. The van der Waals surface area contributed by atoms with E-state index in [0.717, 1.165) is 17.8 Å². The zero-order valence-corrected chi connectivity index (χ0v) is 25.8. The average Bonchev–Trinajstić information content (AvgIpc) is 2.86. The molecule has 3 atom stereocenters. The maximum atomic E-state index is 15.9. The number of thioether (sulfide) groups is 1. The number of amides is 3. The van der Waals surface area contributed by atoms with Gasteiger partial charge in [0.2, 0.25) is 5.88 Å². The molecule has 0 fully saturated rings. The standard InChI is InChI=1S/C28H35F2N5O6S/c1-15-21(30)28(8,34-23(42-15)35(24(37)40-26(2,3)4)25(38)41-27(5,6)7)17-12-16(10-11-18(17)29)33-22(36)19-13-32-20(39-9)14-31-19/h10-15,21H,1-9H3,(H,33,36)/t15-,21+,28-/m1/s1. The van der Waals surface area contributed by atoms with Crippen LogP contribution in [0.5, 0.6) is 5.88 Å². The van der Waals surface area contributed by atoms with Crippen molar-refractivity contribution in [3.05, 3.63) is 47.7 Å². The number of halogens is 2. The number of benzene rings is 1. The van der Waals surface area contributed by atoms with Crippen molar-refractivity contribution in [2.45, 2.75) is 83.6 Å². The lowest BCUT2D eigenvalue weighted by Gasteiger charge is -2.39. The van der Waals surface area contributed by atoms with Gasteiger partial charge in [-0.15, -0.1) is 0 Å². The number of imide groups is 1. The summed E-state index contributed by atoms with van der Waals surface area (Å²) < 4.78 is 47.1. The van der Waals surface area contributed by atoms with Crippen LogP contribution in [0.15, 0.2) is 35.6 Å². The number of aromatic nitrogens is 2. The third kappa shape index (κ3) is 7.72. The molecule has 0 spiro atoms. The molecule has 228 valence electrons. The molecule has 0 saturated heterocycles. The summed E-state index contributed by atoms with van der Waals surface area (Å²) in [7, 11) is 1.40. The lowest BCUT2D eigenvalue weighted by Crippen LogP contribution is -2.51. The maximum absolute atomic E-state index is 15.9. The molecule has 1 aliphatic heterocycles. The number of hydrogen-bond donors (Lipinski definition) is 1. The van der Waals surface area contributed by atoms with Gasteiger partial charge < -0.3 is 19.5 Å². The Morgan fingerprint density at radius 2 is 1.62 bits per heavy atom. The largest absolute Gasteiger partial charge is 0.480 e. The summed E-state index contributed by atoms with van der Waals surface area (Å²) in [5.74, 6) is -1.25. The summed E-state index contributed by atoms with van der Waals surface area (Å²) in [6.45, 7) is 12.6. The number of alkyl halides is 1. The number of methoxy groups -OCH3 is 1. The highest BCUT2D eigenvalue weighted by atomic mass is 32.2. The molecule has 0 radical (unpaired) electrons. The van der Waals surface area contributed by atoms with Gasteiger partial charge in [-0.3, -0.25) is 4.79 Å². The monoisotopic (exact) mass is 607 g/mol. The third-order valence-corrected chi connectivity index (χ3v) is 6.85. The van der Waals surface area contributed by atoms with Crippen molar-refractivity contribution in [2.75, 3.05) is 12.4 Å². The van der Waals surface area contributed by atoms with Gasteiger partial charge in [-0.05, 0) is 73.6 Å². The zero-order valence-electron chi connectivity index (χ0n) is 24.9. The summed E-state index contributed by atoms with van der Waals surface area (Å²) in [6, 6.07) is 3.60. The number of anilines is 1. The third-order valence-electron chi connectivity index (χ3n) is 5.75. The highest BCUT2D eigenvalue weighted by Crippen LogP contribution is 2.44. The number of carbonyl (C=O) groups excluding carboxylic acids is 3. The van der Waals surface area contributed by atoms with Gasteiger partial charge in [-0.25, -0.2) is 33.3 Å². The first kappa shape index (κ1) is 32.7. The summed E-state index contributed by atoms with van der Waals surface area (Å²) >= 11 is 0.811. The van der Waals surface area contributed by atoms with Crippen LogP contribution < -0.4 is 10.1 Å². The van der Waals surface area contributed by atoms with Crippen molar-refractivity contribution >= 4 is 40.7 Å². The number of carbonyl (C=O) groups is 3. The Kier molecular flexibility index (Phi) is 9.50. The fourth-order valence-electron chi connectivity index (χ4n) is 3.85. The molecule has 1 aliphatic rings. The summed E-state index contributed by atoms with van der Waals surface area (Å²) in [6.07, 6.45) is -1.47. The molecule has 11 nitrogen and oxygen atoms in total. The lowest BCUT2D eigenvalue weighted by atomic mass is 9.85. The van der Waals surface area contributed by atoms with E-state index in [1.165, 1.54) is 45.5 Å². The van der Waals surface area contributed by atoms with Crippen molar-refractivity contribution in [1.82, 2.24) is 14.9 Å². The molecule has 0 aliphatic carbocycles. The quantitative estimate of drug-likeness (QED) is 0.438. The van der Waals surface area contributed by atoms with Crippen LogP contribution in [0.1, 0.15) is 71.4 Å². The van der Waals surface area contributed by atoms with Gasteiger partial charge in [-0.2, -0.15) is 4.90 Å². The maximum Gasteiger partial charge on any atom is 0.426 e. The van der Waals surface area contributed by atoms with Crippen molar-refractivity contribution in [1.29, 1.82) is 0 Å². The Balaban J connectivity index is 2.06. The molecule has 0 saturated carbocycles. The fourth-order valence-corrected chi connectivity index (χ4v) is 5.07. The van der Waals surface area contributed by atoms with E-state index in [2.05, 4.69) is 20.3 Å². The van der Waals surface area contributed by atoms with Crippen LogP contribution in [0.4, 0.5) is 24.1 Å². The Morgan fingerprint density at radius 1 is 1.02 bits per heavy atom. The first-order valence-corrected chi connectivity index (χ1v) is 13.9. The topological polar surface area (TPSA) is 132 Å². The predicted molar refractivity (Wildman–Crippen MR) is 154 cm³/mol. The van der Waals surface area contributed by atoms with E-state index in [9.17, 15) is 14.4 Å². The number of nitrogens with one attached hydrogen (secondary N) is 1. The highest BCUT2D eigenvalue weighted by molar-refractivity contribution is 8.14. The van der Waals surface area contributed by atoms with E-state index in [1.54, 1.807) is 41.5 Å². The second kappa shape index (κ2) is 12.2. The summed E-state index contributed by atoms with van der Waals surface area (Å²) in [5, 5.41) is 1.47. The Hall–Kier alpha value is -3.81. The number of aliphatic imine (C=N–C) groups is 1. The lowest BCUT2D eigenvalue weighted by molar-refractivity contribution is 0.0149. The summed E-state index contributed by atoms with van der Waals surface area (Å²) in [4.78, 5) is 52.1. The SMILES string of the molecule is COc1cnc(C(=O)Nc2ccc(F)c([C@@]3(C)N=C(N(C(=O)OC(C)(C)C)C(=O)OC(C)(C)C)S[C@H](C)[C@@H]3F)c2)cn1. The zero-order chi connectivity index (χ0) is 31.6. The number of hydrogen-bond acceptors (Lipinski definition) is 10. The first-order valence-electron chi connectivity index (χ1n) is 13.0. The molecule has 2 aromatic rings. The second-order valence-electron chi connectivity index (χ2n) is 11.7. The summed E-state index contributed by atoms with van der Waals surface area (Å²) in [5.41, 5.74) is -4.02. The van der Waals surface area contributed by atoms with Crippen molar-refractivity contribution in [2.24, 2.45) is 4.99 Å². The Labute approximate surface area is 247 Å². The Morgan fingerprint density at radius 3 is 2.12 bits per heavy atom. The number of amidine groups is 1. The van der Waals surface area contributed by atoms with E-state index in [1.807, 2.05) is 0 Å². The van der Waals surface area contributed by atoms with Crippen LogP contribution in [0, 0.1) is 5.82 Å². The molecule has 0 bridgehead atoms. The molecule has 1 N–H and O–H groups in total. The van der Waals surface area contributed by atoms with Crippen LogP contribution in [-0.2, 0) is 15.0 Å². The second-order valence-corrected chi connectivity index (χ2v) is 13.0. The van der Waals surface area contributed by atoms with Gasteiger partial charge in [-0.1, -0.05) is 11.8 Å². The van der Waals surface area contributed by atoms with Crippen LogP contribution in [0.2, 0.25) is 0 Å². The van der Waals surface area contributed by atoms with Crippen molar-refractivity contribution in [3.8, 4) is 5.88 Å². The van der Waals surface area contributed by atoms with E-state index in [4.69, 9.17) is 14.2 Å². The minimum absolute atomic E-state index is 0.0374. The van der Waals surface area contributed by atoms with Gasteiger partial charge in [0.25, 0.3) is 5.91 Å². The molecule has 2 heterocycles. The molecule has 3 amide bonds. The molecule has 3 rings (SSSR count). The van der Waals surface area contributed by atoms with Crippen LogP contribution in [0.3, 0.4) is 0 Å². The highest BCUT2D eigenvalue weighted by Gasteiger charge is 2.49.